The Hall–Kier alpha value is 0.140. The summed E-state index contributed by atoms with van der Waals surface area (Å²) in [6.07, 6.45) is 3.75. The Morgan fingerprint density at radius 1 is 1.38 bits per heavy atom. The van der Waals surface area contributed by atoms with E-state index in [1.165, 1.54) is 19.3 Å². The number of halogens is 1. The van der Waals surface area contributed by atoms with Crippen molar-refractivity contribution in [3.05, 3.63) is 20.8 Å². The third kappa shape index (κ3) is 1.01. The topological polar surface area (TPSA) is 20.2 Å². The van der Waals surface area contributed by atoms with E-state index in [1.54, 1.807) is 11.3 Å². The Kier molecular flexibility index (Phi) is 1.68. The average molecular weight is 259 g/mol. The SMILES string of the molecule is OC1(c2ccc(Br)s2)C2CCCC21. The van der Waals surface area contributed by atoms with Crippen LogP contribution in [0.25, 0.3) is 0 Å². The van der Waals surface area contributed by atoms with Crippen LogP contribution in [0.15, 0.2) is 15.9 Å². The van der Waals surface area contributed by atoms with E-state index in [4.69, 9.17) is 0 Å². The molecule has 2 aliphatic rings. The lowest BCUT2D eigenvalue weighted by atomic mass is 10.1. The van der Waals surface area contributed by atoms with E-state index >= 15 is 0 Å². The van der Waals surface area contributed by atoms with Gasteiger partial charge in [0.1, 0.15) is 5.60 Å². The third-order valence-corrected chi connectivity index (χ3v) is 5.27. The van der Waals surface area contributed by atoms with Crippen molar-refractivity contribution in [3.63, 3.8) is 0 Å². The zero-order valence-corrected chi connectivity index (χ0v) is 9.57. The highest BCUT2D eigenvalue weighted by molar-refractivity contribution is 9.11. The third-order valence-electron chi connectivity index (χ3n) is 3.51. The van der Waals surface area contributed by atoms with Crippen LogP contribution in [0.2, 0.25) is 0 Å². The molecule has 2 atom stereocenters. The summed E-state index contributed by atoms with van der Waals surface area (Å²) in [6.45, 7) is 0. The molecule has 0 spiro atoms. The molecule has 70 valence electrons. The lowest BCUT2D eigenvalue weighted by molar-refractivity contribution is 0.109. The summed E-state index contributed by atoms with van der Waals surface area (Å²) in [5.41, 5.74) is -0.436. The summed E-state index contributed by atoms with van der Waals surface area (Å²) in [5.74, 6) is 1.14. The molecule has 1 aromatic rings. The summed E-state index contributed by atoms with van der Waals surface area (Å²) >= 11 is 5.12. The van der Waals surface area contributed by atoms with Crippen LogP contribution in [0, 0.1) is 11.8 Å². The van der Waals surface area contributed by atoms with Gasteiger partial charge in [-0.3, -0.25) is 0 Å². The van der Waals surface area contributed by atoms with Crippen molar-refractivity contribution >= 4 is 27.3 Å². The number of aliphatic hydroxyl groups is 1. The average Bonchev–Trinajstić information content (AvgIpc) is 2.61. The molecule has 1 N–H and O–H groups in total. The van der Waals surface area contributed by atoms with E-state index in [-0.39, 0.29) is 0 Å². The molecule has 2 unspecified atom stereocenters. The van der Waals surface area contributed by atoms with Crippen LogP contribution in [0.3, 0.4) is 0 Å². The molecule has 1 aromatic heterocycles. The van der Waals surface area contributed by atoms with E-state index in [9.17, 15) is 5.11 Å². The largest absolute Gasteiger partial charge is 0.384 e. The molecular weight excluding hydrogens is 248 g/mol. The van der Waals surface area contributed by atoms with Crippen LogP contribution in [0.5, 0.6) is 0 Å². The Morgan fingerprint density at radius 3 is 2.62 bits per heavy atom. The normalized spacial score (nSPS) is 42.0. The fourth-order valence-electron chi connectivity index (χ4n) is 2.82. The van der Waals surface area contributed by atoms with Gasteiger partial charge in [0.25, 0.3) is 0 Å². The van der Waals surface area contributed by atoms with Gasteiger partial charge in [0.05, 0.1) is 3.79 Å². The Labute approximate surface area is 89.9 Å². The van der Waals surface area contributed by atoms with Gasteiger partial charge in [-0.15, -0.1) is 11.3 Å². The van der Waals surface area contributed by atoms with Gasteiger partial charge >= 0.3 is 0 Å². The van der Waals surface area contributed by atoms with E-state index in [1.807, 2.05) is 6.07 Å². The summed E-state index contributed by atoms with van der Waals surface area (Å²) in [5, 5.41) is 10.4. The van der Waals surface area contributed by atoms with E-state index in [0.29, 0.717) is 11.8 Å². The minimum atomic E-state index is -0.436. The van der Waals surface area contributed by atoms with E-state index < -0.39 is 5.60 Å². The molecule has 2 saturated carbocycles. The predicted octanol–water partition coefficient (Wildman–Crippen LogP) is 3.13. The van der Waals surface area contributed by atoms with Crippen LogP contribution in [-0.4, -0.2) is 5.11 Å². The Bertz CT molecular complexity index is 336. The zero-order valence-electron chi connectivity index (χ0n) is 7.16. The first-order chi connectivity index (χ1) is 6.23. The van der Waals surface area contributed by atoms with Gasteiger partial charge in [-0.05, 0) is 52.7 Å². The summed E-state index contributed by atoms with van der Waals surface area (Å²) < 4.78 is 1.13. The second-order valence-electron chi connectivity index (χ2n) is 4.07. The van der Waals surface area contributed by atoms with Crippen molar-refractivity contribution < 1.29 is 5.11 Å². The maximum absolute atomic E-state index is 10.4. The second kappa shape index (κ2) is 2.59. The van der Waals surface area contributed by atoms with Crippen molar-refractivity contribution in [3.8, 4) is 0 Å². The predicted molar refractivity (Wildman–Crippen MR) is 56.7 cm³/mol. The quantitative estimate of drug-likeness (QED) is 0.821. The van der Waals surface area contributed by atoms with Crippen LogP contribution in [0.1, 0.15) is 24.1 Å². The van der Waals surface area contributed by atoms with Gasteiger partial charge in [0, 0.05) is 4.88 Å². The minimum Gasteiger partial charge on any atom is -0.384 e. The second-order valence-corrected chi connectivity index (χ2v) is 6.54. The van der Waals surface area contributed by atoms with Crippen molar-refractivity contribution in [2.24, 2.45) is 11.8 Å². The Balaban J connectivity index is 1.95. The molecule has 0 aromatic carbocycles. The molecule has 2 aliphatic carbocycles. The van der Waals surface area contributed by atoms with Gasteiger partial charge in [-0.1, -0.05) is 6.42 Å². The van der Waals surface area contributed by atoms with E-state index in [0.717, 1.165) is 8.66 Å². The van der Waals surface area contributed by atoms with Gasteiger partial charge in [-0.25, -0.2) is 0 Å². The molecule has 0 aliphatic heterocycles. The number of thiophene rings is 1. The number of hydrogen-bond acceptors (Lipinski definition) is 2. The van der Waals surface area contributed by atoms with Crippen LogP contribution >= 0.6 is 27.3 Å². The standard InChI is InChI=1S/C10H11BrOS/c11-9-5-4-8(13-9)10(12)6-2-1-3-7(6)10/h4-7,12H,1-3H2. The Morgan fingerprint density at radius 2 is 2.08 bits per heavy atom. The monoisotopic (exact) mass is 258 g/mol. The van der Waals surface area contributed by atoms with Crippen LogP contribution in [-0.2, 0) is 5.60 Å². The van der Waals surface area contributed by atoms with Gasteiger partial charge in [-0.2, -0.15) is 0 Å². The van der Waals surface area contributed by atoms with Gasteiger partial charge in [0.15, 0.2) is 0 Å². The smallest absolute Gasteiger partial charge is 0.105 e. The molecular formula is C10H11BrOS. The van der Waals surface area contributed by atoms with Crippen LogP contribution in [0.4, 0.5) is 0 Å². The van der Waals surface area contributed by atoms with Crippen molar-refractivity contribution in [2.75, 3.05) is 0 Å². The lowest BCUT2D eigenvalue weighted by Crippen LogP contribution is -2.10. The maximum atomic E-state index is 10.4. The molecule has 1 heterocycles. The van der Waals surface area contributed by atoms with Crippen molar-refractivity contribution in [1.29, 1.82) is 0 Å². The molecule has 0 saturated heterocycles. The fraction of sp³-hybridized carbons (Fsp3) is 0.600. The highest BCUT2D eigenvalue weighted by Gasteiger charge is 2.66. The molecule has 0 bridgehead atoms. The number of hydrogen-bond donors (Lipinski definition) is 1. The first kappa shape index (κ1) is 8.45. The summed E-state index contributed by atoms with van der Waals surface area (Å²) in [7, 11) is 0. The highest BCUT2D eigenvalue weighted by atomic mass is 79.9. The number of fused-ring (bicyclic) bond motifs is 1. The lowest BCUT2D eigenvalue weighted by Gasteiger charge is -2.11. The zero-order chi connectivity index (χ0) is 9.05. The van der Waals surface area contributed by atoms with Gasteiger partial charge in [0.2, 0.25) is 0 Å². The first-order valence-corrected chi connectivity index (χ1v) is 6.32. The summed E-state index contributed by atoms with van der Waals surface area (Å²) in [6, 6.07) is 4.10. The molecule has 3 heteroatoms. The fourth-order valence-corrected chi connectivity index (χ4v) is 4.42. The van der Waals surface area contributed by atoms with Crippen LogP contribution < -0.4 is 0 Å². The molecule has 3 rings (SSSR count). The summed E-state index contributed by atoms with van der Waals surface area (Å²) in [4.78, 5) is 1.16. The minimum absolute atomic E-state index is 0.436. The maximum Gasteiger partial charge on any atom is 0.105 e. The molecule has 0 amide bonds. The van der Waals surface area contributed by atoms with Crippen molar-refractivity contribution in [1.82, 2.24) is 0 Å². The van der Waals surface area contributed by atoms with Crippen molar-refractivity contribution in [2.45, 2.75) is 24.9 Å². The molecule has 13 heavy (non-hydrogen) atoms. The molecule has 0 radical (unpaired) electrons. The molecule has 1 nitrogen and oxygen atoms in total. The first-order valence-electron chi connectivity index (χ1n) is 4.71. The highest BCUT2D eigenvalue weighted by Crippen LogP contribution is 2.67. The van der Waals surface area contributed by atoms with E-state index in [2.05, 4.69) is 22.0 Å². The van der Waals surface area contributed by atoms with Gasteiger partial charge < -0.3 is 5.11 Å². The molecule has 2 fully saturated rings. The number of rotatable bonds is 1.